The molecule has 3 aromatic rings. The Labute approximate surface area is 224 Å². The number of hydrogen-bond donors (Lipinski definition) is 0. The van der Waals surface area contributed by atoms with Crippen LogP contribution in [0.25, 0.3) is 11.7 Å². The van der Waals surface area contributed by atoms with Crippen molar-refractivity contribution in [1.82, 2.24) is 14.6 Å². The van der Waals surface area contributed by atoms with Crippen molar-refractivity contribution in [2.24, 2.45) is 0 Å². The highest BCUT2D eigenvalue weighted by Crippen LogP contribution is 2.45. The van der Waals surface area contributed by atoms with Crippen LogP contribution in [-0.4, -0.2) is 34.9 Å². The first kappa shape index (κ1) is 27.1. The van der Waals surface area contributed by atoms with E-state index in [9.17, 15) is 4.79 Å². The molecule has 196 valence electrons. The SMILES string of the molecule is CCCCCCCCN1/C(=C/C=C/C=c2/c(C)nn3c(=O)c(C)c(CCOC)nc23)Sc2ccccc21. The van der Waals surface area contributed by atoms with Gasteiger partial charge in [-0.15, -0.1) is 0 Å². The highest BCUT2D eigenvalue weighted by atomic mass is 32.2. The molecule has 1 aliphatic rings. The zero-order chi connectivity index (χ0) is 26.2. The number of aromatic nitrogens is 3. The van der Waals surface area contributed by atoms with Gasteiger partial charge in [0.05, 0.1) is 28.7 Å². The lowest BCUT2D eigenvalue weighted by Crippen LogP contribution is -2.22. The molecule has 0 aliphatic carbocycles. The zero-order valence-electron chi connectivity index (χ0n) is 22.5. The lowest BCUT2D eigenvalue weighted by Gasteiger charge is -2.20. The molecule has 2 aromatic heterocycles. The van der Waals surface area contributed by atoms with E-state index >= 15 is 0 Å². The van der Waals surface area contributed by atoms with Crippen molar-refractivity contribution in [2.75, 3.05) is 25.2 Å². The monoisotopic (exact) mass is 518 g/mol. The van der Waals surface area contributed by atoms with E-state index in [1.165, 1.54) is 58.7 Å². The van der Waals surface area contributed by atoms with Crippen LogP contribution in [0.4, 0.5) is 5.69 Å². The van der Waals surface area contributed by atoms with Crippen LogP contribution in [0.2, 0.25) is 0 Å². The van der Waals surface area contributed by atoms with Crippen LogP contribution >= 0.6 is 11.8 Å². The number of nitrogens with zero attached hydrogens (tertiary/aromatic N) is 4. The number of allylic oxidation sites excluding steroid dienone is 3. The average Bonchev–Trinajstić information content (AvgIpc) is 3.42. The van der Waals surface area contributed by atoms with Gasteiger partial charge in [-0.05, 0) is 44.6 Å². The van der Waals surface area contributed by atoms with Crippen LogP contribution in [0, 0.1) is 13.8 Å². The molecule has 0 fully saturated rings. The first-order valence-corrected chi connectivity index (χ1v) is 14.2. The molecule has 37 heavy (non-hydrogen) atoms. The van der Waals surface area contributed by atoms with Gasteiger partial charge in [0.25, 0.3) is 5.56 Å². The van der Waals surface area contributed by atoms with Crippen molar-refractivity contribution in [3.63, 3.8) is 0 Å². The Kier molecular flexibility index (Phi) is 9.58. The van der Waals surface area contributed by atoms with Crippen molar-refractivity contribution < 1.29 is 4.74 Å². The number of para-hydroxylation sites is 1. The molecule has 0 N–H and O–H groups in total. The summed E-state index contributed by atoms with van der Waals surface area (Å²) in [5.74, 6) is 0. The molecule has 0 radical (unpaired) electrons. The molecule has 0 bridgehead atoms. The Morgan fingerprint density at radius 3 is 2.59 bits per heavy atom. The van der Waals surface area contributed by atoms with E-state index in [0.717, 1.165) is 23.2 Å². The summed E-state index contributed by atoms with van der Waals surface area (Å²) >= 11 is 1.82. The van der Waals surface area contributed by atoms with Crippen LogP contribution in [0.5, 0.6) is 0 Å². The van der Waals surface area contributed by atoms with Crippen LogP contribution in [-0.2, 0) is 11.2 Å². The Bertz CT molecular complexity index is 1390. The Hall–Kier alpha value is -2.90. The number of anilines is 1. The second kappa shape index (κ2) is 13.1. The van der Waals surface area contributed by atoms with Crippen LogP contribution in [0.3, 0.4) is 0 Å². The van der Waals surface area contributed by atoms with Gasteiger partial charge in [0.2, 0.25) is 0 Å². The van der Waals surface area contributed by atoms with Gasteiger partial charge in [-0.1, -0.05) is 75.1 Å². The molecule has 0 amide bonds. The summed E-state index contributed by atoms with van der Waals surface area (Å²) < 4.78 is 6.62. The van der Waals surface area contributed by atoms with Gasteiger partial charge in [-0.2, -0.15) is 9.61 Å². The number of aryl methyl sites for hydroxylation is 1. The minimum absolute atomic E-state index is 0.115. The zero-order valence-corrected chi connectivity index (χ0v) is 23.3. The van der Waals surface area contributed by atoms with E-state index in [2.05, 4.69) is 53.3 Å². The molecule has 7 heteroatoms. The molecule has 0 atom stereocenters. The first-order valence-electron chi connectivity index (χ1n) is 13.4. The van der Waals surface area contributed by atoms with E-state index in [0.29, 0.717) is 24.2 Å². The molecule has 3 heterocycles. The minimum atomic E-state index is -0.115. The topological polar surface area (TPSA) is 59.7 Å². The third-order valence-electron chi connectivity index (χ3n) is 6.80. The summed E-state index contributed by atoms with van der Waals surface area (Å²) in [5.41, 5.74) is 3.97. The van der Waals surface area contributed by atoms with Gasteiger partial charge < -0.3 is 9.64 Å². The number of rotatable bonds is 12. The third-order valence-corrected chi connectivity index (χ3v) is 7.93. The average molecular weight is 519 g/mol. The number of methoxy groups -OCH3 is 1. The van der Waals surface area contributed by atoms with Crippen LogP contribution in [0.1, 0.15) is 62.4 Å². The maximum absolute atomic E-state index is 12.9. The predicted molar refractivity (Wildman–Crippen MR) is 154 cm³/mol. The Morgan fingerprint density at radius 2 is 1.78 bits per heavy atom. The largest absolute Gasteiger partial charge is 0.384 e. The number of ether oxygens (including phenoxy) is 1. The predicted octanol–water partition coefficient (Wildman–Crippen LogP) is 5.77. The van der Waals surface area contributed by atoms with E-state index in [4.69, 9.17) is 9.72 Å². The maximum atomic E-state index is 12.9. The molecule has 0 saturated carbocycles. The molecule has 6 nitrogen and oxygen atoms in total. The number of hydrogen-bond acceptors (Lipinski definition) is 6. The summed E-state index contributed by atoms with van der Waals surface area (Å²) in [6, 6.07) is 8.64. The smallest absolute Gasteiger partial charge is 0.277 e. The number of thioether (sulfide) groups is 1. The molecule has 1 aliphatic heterocycles. The normalized spacial score (nSPS) is 15.1. The fourth-order valence-electron chi connectivity index (χ4n) is 4.66. The number of benzene rings is 1. The molecular weight excluding hydrogens is 480 g/mol. The fraction of sp³-hybridized carbons (Fsp3) is 0.433. The highest BCUT2D eigenvalue weighted by Gasteiger charge is 2.23. The van der Waals surface area contributed by atoms with Crippen LogP contribution in [0.15, 0.2) is 57.2 Å². The van der Waals surface area contributed by atoms with Crippen molar-refractivity contribution in [3.05, 3.63) is 80.0 Å². The lowest BCUT2D eigenvalue weighted by molar-refractivity contribution is 0.201. The molecule has 4 rings (SSSR count). The molecule has 0 spiro atoms. The third kappa shape index (κ3) is 6.33. The van der Waals surface area contributed by atoms with Gasteiger partial charge in [-0.3, -0.25) is 4.79 Å². The second-order valence-corrected chi connectivity index (χ2v) is 10.6. The molecule has 0 unspecified atom stereocenters. The maximum Gasteiger partial charge on any atom is 0.277 e. The fourth-order valence-corrected chi connectivity index (χ4v) is 5.76. The van der Waals surface area contributed by atoms with E-state index < -0.39 is 0 Å². The van der Waals surface area contributed by atoms with E-state index in [-0.39, 0.29) is 5.56 Å². The van der Waals surface area contributed by atoms with Gasteiger partial charge >= 0.3 is 0 Å². The molecule has 1 aromatic carbocycles. The highest BCUT2D eigenvalue weighted by molar-refractivity contribution is 8.03. The van der Waals surface area contributed by atoms with Crippen molar-refractivity contribution in [2.45, 2.75) is 70.6 Å². The Morgan fingerprint density at radius 1 is 1.03 bits per heavy atom. The van der Waals surface area contributed by atoms with Gasteiger partial charge in [0.1, 0.15) is 0 Å². The second-order valence-electron chi connectivity index (χ2n) is 9.51. The van der Waals surface area contributed by atoms with Crippen molar-refractivity contribution >= 4 is 29.2 Å². The summed E-state index contributed by atoms with van der Waals surface area (Å²) in [5, 5.41) is 6.58. The van der Waals surface area contributed by atoms with E-state index in [1.807, 2.05) is 30.8 Å². The summed E-state index contributed by atoms with van der Waals surface area (Å²) in [6.07, 6.45) is 16.6. The Balaban J connectivity index is 1.55. The molecular formula is C30H38N4O2S. The lowest BCUT2D eigenvalue weighted by atomic mass is 10.1. The van der Waals surface area contributed by atoms with Gasteiger partial charge in [0.15, 0.2) is 5.65 Å². The number of unbranched alkanes of at least 4 members (excludes halogenated alkanes) is 5. The van der Waals surface area contributed by atoms with Crippen molar-refractivity contribution in [3.8, 4) is 0 Å². The van der Waals surface area contributed by atoms with Gasteiger partial charge in [0, 0.05) is 35.8 Å². The number of fused-ring (bicyclic) bond motifs is 2. The summed E-state index contributed by atoms with van der Waals surface area (Å²) in [4.78, 5) is 21.4. The minimum Gasteiger partial charge on any atom is -0.384 e. The summed E-state index contributed by atoms with van der Waals surface area (Å²) in [7, 11) is 1.66. The van der Waals surface area contributed by atoms with E-state index in [1.54, 1.807) is 14.0 Å². The van der Waals surface area contributed by atoms with Crippen molar-refractivity contribution in [1.29, 1.82) is 0 Å². The quantitative estimate of drug-likeness (QED) is 0.284. The van der Waals surface area contributed by atoms with Gasteiger partial charge in [-0.25, -0.2) is 4.98 Å². The molecule has 0 saturated heterocycles. The first-order chi connectivity index (χ1) is 18.0. The standard InChI is InChI=1S/C30H38N4O2S/c1-5-6-7-8-9-14-20-33-26-16-11-12-17-27(26)37-28(33)18-13-10-15-24-23(3)32-34-29(24)31-25(19-21-36-4)22(2)30(34)35/h10-13,15-18H,5-9,14,19-21H2,1-4H3/b13-10+,24-15-,28-18-. The van der Waals surface area contributed by atoms with Crippen LogP contribution < -0.4 is 15.7 Å². The summed E-state index contributed by atoms with van der Waals surface area (Å²) in [6.45, 7) is 7.55.